The van der Waals surface area contributed by atoms with E-state index in [-0.39, 0.29) is 23.0 Å². The van der Waals surface area contributed by atoms with Crippen molar-refractivity contribution in [1.82, 2.24) is 0 Å². The quantitative estimate of drug-likeness (QED) is 0.599. The average Bonchev–Trinajstić information content (AvgIpc) is 2.46. The summed E-state index contributed by atoms with van der Waals surface area (Å²) >= 11 is 0. The van der Waals surface area contributed by atoms with E-state index in [0.717, 1.165) is 19.3 Å². The Kier molecular flexibility index (Phi) is 1.92. The molecule has 0 aromatic carbocycles. The van der Waals surface area contributed by atoms with Crippen LogP contribution in [0.1, 0.15) is 25.7 Å². The average molecular weight is 190 g/mol. The Labute approximate surface area is 72.7 Å². The van der Waals surface area contributed by atoms with Crippen molar-refractivity contribution in [3.05, 3.63) is 0 Å². The molecule has 4 heteroatoms. The molecule has 1 heterocycles. The monoisotopic (exact) mass is 190 g/mol. The Hall–Kier alpha value is -0.0900. The van der Waals surface area contributed by atoms with Crippen LogP contribution < -0.4 is 0 Å². The summed E-state index contributed by atoms with van der Waals surface area (Å²) in [7, 11) is -2.85. The highest BCUT2D eigenvalue weighted by molar-refractivity contribution is 7.92. The summed E-state index contributed by atoms with van der Waals surface area (Å²) in [4.78, 5) is 0. The Balaban J connectivity index is 2.28. The number of fused-ring (bicyclic) bond motifs is 1. The van der Waals surface area contributed by atoms with E-state index in [0.29, 0.717) is 6.42 Å². The Bertz CT molecular complexity index is 270. The SMILES string of the molecule is O=S1(=O)CCC(O)C2CCCC21. The lowest BCUT2D eigenvalue weighted by Crippen LogP contribution is -2.41. The summed E-state index contributed by atoms with van der Waals surface area (Å²) in [6.07, 6.45) is 2.71. The summed E-state index contributed by atoms with van der Waals surface area (Å²) in [6, 6.07) is 0. The minimum atomic E-state index is -2.85. The molecule has 3 nitrogen and oxygen atoms in total. The van der Waals surface area contributed by atoms with Crippen molar-refractivity contribution in [1.29, 1.82) is 0 Å². The topological polar surface area (TPSA) is 54.4 Å². The largest absolute Gasteiger partial charge is 0.393 e. The van der Waals surface area contributed by atoms with E-state index in [1.54, 1.807) is 0 Å². The number of rotatable bonds is 0. The molecular weight excluding hydrogens is 176 g/mol. The van der Waals surface area contributed by atoms with Crippen molar-refractivity contribution in [2.24, 2.45) is 5.92 Å². The molecule has 0 radical (unpaired) electrons. The van der Waals surface area contributed by atoms with Crippen LogP contribution in [-0.2, 0) is 9.84 Å². The van der Waals surface area contributed by atoms with Crippen LogP contribution in [0.25, 0.3) is 0 Å². The number of hydrogen-bond acceptors (Lipinski definition) is 3. The highest BCUT2D eigenvalue weighted by atomic mass is 32.2. The van der Waals surface area contributed by atoms with Crippen molar-refractivity contribution in [2.45, 2.75) is 37.0 Å². The third kappa shape index (κ3) is 1.17. The van der Waals surface area contributed by atoms with E-state index in [1.807, 2.05) is 0 Å². The molecule has 0 spiro atoms. The van der Waals surface area contributed by atoms with Crippen LogP contribution in [0.15, 0.2) is 0 Å². The van der Waals surface area contributed by atoms with Crippen molar-refractivity contribution < 1.29 is 13.5 Å². The molecule has 3 atom stereocenters. The second-order valence-corrected chi connectivity index (χ2v) is 6.20. The molecule has 0 amide bonds. The van der Waals surface area contributed by atoms with Gasteiger partial charge in [0.1, 0.15) is 0 Å². The lowest BCUT2D eigenvalue weighted by molar-refractivity contribution is 0.103. The first-order chi connectivity index (χ1) is 5.61. The standard InChI is InChI=1S/C8H14O3S/c9-7-4-5-12(10,11)8-3-1-2-6(7)8/h6-9H,1-5H2. The zero-order valence-electron chi connectivity index (χ0n) is 6.94. The Morgan fingerprint density at radius 2 is 1.92 bits per heavy atom. The fourth-order valence-electron chi connectivity index (χ4n) is 2.49. The van der Waals surface area contributed by atoms with Crippen LogP contribution in [0.3, 0.4) is 0 Å². The van der Waals surface area contributed by atoms with Crippen LogP contribution in [-0.4, -0.2) is 30.6 Å². The third-order valence-electron chi connectivity index (χ3n) is 3.16. The number of aliphatic hydroxyl groups excluding tert-OH is 1. The molecule has 0 aromatic rings. The number of hydrogen-bond donors (Lipinski definition) is 1. The van der Waals surface area contributed by atoms with Crippen LogP contribution in [0, 0.1) is 5.92 Å². The molecular formula is C8H14O3S. The molecule has 3 unspecified atom stereocenters. The van der Waals surface area contributed by atoms with Crippen molar-refractivity contribution in [3.63, 3.8) is 0 Å². The molecule has 1 aliphatic carbocycles. The minimum Gasteiger partial charge on any atom is -0.393 e. The van der Waals surface area contributed by atoms with Gasteiger partial charge in [0.25, 0.3) is 0 Å². The number of aliphatic hydroxyl groups is 1. The first kappa shape index (κ1) is 8.51. The minimum absolute atomic E-state index is 0.0451. The Morgan fingerprint density at radius 1 is 1.17 bits per heavy atom. The smallest absolute Gasteiger partial charge is 0.153 e. The molecule has 2 aliphatic rings. The maximum atomic E-state index is 11.5. The summed E-state index contributed by atoms with van der Waals surface area (Å²) in [5.41, 5.74) is 0. The predicted octanol–water partition coefficient (Wildman–Crippen LogP) is 0.335. The van der Waals surface area contributed by atoms with Crippen LogP contribution in [0.2, 0.25) is 0 Å². The molecule has 70 valence electrons. The van der Waals surface area contributed by atoms with Crippen molar-refractivity contribution in [3.8, 4) is 0 Å². The van der Waals surface area contributed by atoms with E-state index in [1.165, 1.54) is 0 Å². The second-order valence-electron chi connectivity index (χ2n) is 3.86. The molecule has 2 fully saturated rings. The fraction of sp³-hybridized carbons (Fsp3) is 1.00. The predicted molar refractivity (Wildman–Crippen MR) is 45.5 cm³/mol. The van der Waals surface area contributed by atoms with E-state index in [9.17, 15) is 13.5 Å². The van der Waals surface area contributed by atoms with E-state index in [4.69, 9.17) is 0 Å². The normalized spacial score (nSPS) is 45.6. The van der Waals surface area contributed by atoms with Crippen molar-refractivity contribution >= 4 is 9.84 Å². The molecule has 2 rings (SSSR count). The number of sulfone groups is 1. The lowest BCUT2D eigenvalue weighted by Gasteiger charge is -2.29. The molecule has 1 aliphatic heterocycles. The molecule has 0 aromatic heterocycles. The van der Waals surface area contributed by atoms with Gasteiger partial charge in [0, 0.05) is 5.92 Å². The molecule has 1 saturated heterocycles. The Morgan fingerprint density at radius 3 is 2.58 bits per heavy atom. The third-order valence-corrected chi connectivity index (χ3v) is 5.47. The summed E-state index contributed by atoms with van der Waals surface area (Å²) < 4.78 is 23.0. The van der Waals surface area contributed by atoms with Gasteiger partial charge in [-0.3, -0.25) is 0 Å². The van der Waals surface area contributed by atoms with Gasteiger partial charge in [-0.2, -0.15) is 0 Å². The zero-order valence-corrected chi connectivity index (χ0v) is 7.76. The molecule has 0 bridgehead atoms. The van der Waals surface area contributed by atoms with Gasteiger partial charge < -0.3 is 5.11 Å². The van der Waals surface area contributed by atoms with Gasteiger partial charge in [0.15, 0.2) is 9.84 Å². The van der Waals surface area contributed by atoms with Gasteiger partial charge in [0.2, 0.25) is 0 Å². The fourth-order valence-corrected chi connectivity index (χ4v) is 4.74. The second kappa shape index (κ2) is 2.70. The summed E-state index contributed by atoms with van der Waals surface area (Å²) in [6.45, 7) is 0. The van der Waals surface area contributed by atoms with E-state index < -0.39 is 9.84 Å². The van der Waals surface area contributed by atoms with E-state index in [2.05, 4.69) is 0 Å². The van der Waals surface area contributed by atoms with Crippen LogP contribution >= 0.6 is 0 Å². The highest BCUT2D eigenvalue weighted by Gasteiger charge is 2.44. The van der Waals surface area contributed by atoms with Gasteiger partial charge in [-0.15, -0.1) is 0 Å². The van der Waals surface area contributed by atoms with Crippen molar-refractivity contribution in [2.75, 3.05) is 5.75 Å². The van der Waals surface area contributed by atoms with Gasteiger partial charge in [-0.25, -0.2) is 8.42 Å². The highest BCUT2D eigenvalue weighted by Crippen LogP contribution is 2.38. The van der Waals surface area contributed by atoms with Gasteiger partial charge in [0.05, 0.1) is 17.1 Å². The molecule has 1 saturated carbocycles. The first-order valence-electron chi connectivity index (χ1n) is 4.51. The molecule has 12 heavy (non-hydrogen) atoms. The zero-order chi connectivity index (χ0) is 8.77. The van der Waals surface area contributed by atoms with Gasteiger partial charge in [-0.05, 0) is 19.3 Å². The first-order valence-corrected chi connectivity index (χ1v) is 6.22. The van der Waals surface area contributed by atoms with Crippen LogP contribution in [0.4, 0.5) is 0 Å². The summed E-state index contributed by atoms with van der Waals surface area (Å²) in [5, 5.41) is 9.33. The van der Waals surface area contributed by atoms with Gasteiger partial charge in [-0.1, -0.05) is 6.42 Å². The maximum Gasteiger partial charge on any atom is 0.153 e. The van der Waals surface area contributed by atoms with E-state index >= 15 is 0 Å². The maximum absolute atomic E-state index is 11.5. The van der Waals surface area contributed by atoms with Crippen LogP contribution in [0.5, 0.6) is 0 Å². The molecule has 1 N–H and O–H groups in total. The summed E-state index contributed by atoms with van der Waals surface area (Å²) in [5.74, 6) is 0.235. The lowest BCUT2D eigenvalue weighted by atomic mass is 9.98. The van der Waals surface area contributed by atoms with Gasteiger partial charge >= 0.3 is 0 Å².